The first-order chi connectivity index (χ1) is 7.65. The van der Waals surface area contributed by atoms with Crippen LogP contribution in [0.5, 0.6) is 0 Å². The van der Waals surface area contributed by atoms with Crippen molar-refractivity contribution in [3.05, 3.63) is 34.9 Å². The molecular formula is C12H9NO3. The SMILES string of the molecule is NC(=O)CC#Cc1cc(C=O)cc(C=O)c1. The summed E-state index contributed by atoms with van der Waals surface area (Å²) in [6.07, 6.45) is 1.21. The lowest BCUT2D eigenvalue weighted by atomic mass is 10.1. The van der Waals surface area contributed by atoms with Gasteiger partial charge in [0, 0.05) is 16.7 Å². The van der Waals surface area contributed by atoms with Gasteiger partial charge in [-0.3, -0.25) is 14.4 Å². The highest BCUT2D eigenvalue weighted by Gasteiger charge is 1.97. The Kier molecular flexibility index (Phi) is 3.98. The third kappa shape index (κ3) is 3.39. The highest BCUT2D eigenvalue weighted by Crippen LogP contribution is 2.06. The first-order valence-electron chi connectivity index (χ1n) is 4.48. The average Bonchev–Trinajstić information content (AvgIpc) is 2.28. The fourth-order valence-electron chi connectivity index (χ4n) is 1.12. The van der Waals surface area contributed by atoms with Crippen LogP contribution in [0.25, 0.3) is 0 Å². The normalized spacial score (nSPS) is 8.75. The second kappa shape index (κ2) is 5.47. The maximum atomic E-state index is 10.6. The first-order valence-corrected chi connectivity index (χ1v) is 4.48. The molecule has 4 nitrogen and oxygen atoms in total. The number of hydrogen-bond acceptors (Lipinski definition) is 3. The number of primary amides is 1. The molecule has 1 rings (SSSR count). The monoisotopic (exact) mass is 215 g/mol. The van der Waals surface area contributed by atoms with Crippen molar-refractivity contribution >= 4 is 18.5 Å². The zero-order chi connectivity index (χ0) is 12.0. The van der Waals surface area contributed by atoms with E-state index in [4.69, 9.17) is 5.73 Å². The maximum absolute atomic E-state index is 10.6. The van der Waals surface area contributed by atoms with Gasteiger partial charge in [-0.25, -0.2) is 0 Å². The molecule has 0 atom stereocenters. The van der Waals surface area contributed by atoms with Crippen LogP contribution >= 0.6 is 0 Å². The van der Waals surface area contributed by atoms with Crippen molar-refractivity contribution in [1.29, 1.82) is 0 Å². The third-order valence-electron chi connectivity index (χ3n) is 1.75. The van der Waals surface area contributed by atoms with Gasteiger partial charge in [-0.05, 0) is 18.2 Å². The van der Waals surface area contributed by atoms with Gasteiger partial charge in [0.25, 0.3) is 0 Å². The van der Waals surface area contributed by atoms with E-state index in [-0.39, 0.29) is 6.42 Å². The summed E-state index contributed by atoms with van der Waals surface area (Å²) in [5.41, 5.74) is 6.16. The lowest BCUT2D eigenvalue weighted by Gasteiger charge is -1.95. The molecule has 0 radical (unpaired) electrons. The van der Waals surface area contributed by atoms with Gasteiger partial charge in [-0.1, -0.05) is 11.8 Å². The second-order valence-corrected chi connectivity index (χ2v) is 3.07. The van der Waals surface area contributed by atoms with Crippen LogP contribution in [0, 0.1) is 11.8 Å². The Hall–Kier alpha value is -2.41. The Labute approximate surface area is 92.4 Å². The number of nitrogens with two attached hydrogens (primary N) is 1. The van der Waals surface area contributed by atoms with Crippen molar-refractivity contribution in [1.82, 2.24) is 0 Å². The van der Waals surface area contributed by atoms with Gasteiger partial charge in [-0.2, -0.15) is 0 Å². The summed E-state index contributed by atoms with van der Waals surface area (Å²) >= 11 is 0. The van der Waals surface area contributed by atoms with Crippen LogP contribution in [0.1, 0.15) is 32.7 Å². The van der Waals surface area contributed by atoms with E-state index in [0.717, 1.165) is 0 Å². The fourth-order valence-corrected chi connectivity index (χ4v) is 1.12. The molecule has 0 aliphatic carbocycles. The molecule has 0 heterocycles. The van der Waals surface area contributed by atoms with E-state index in [1.54, 1.807) is 0 Å². The molecule has 0 aliphatic rings. The standard InChI is InChI=1S/C12H9NO3/c13-12(16)3-1-2-9-4-10(7-14)6-11(5-9)8-15/h4-8H,3H2,(H2,13,16). The van der Waals surface area contributed by atoms with E-state index < -0.39 is 5.91 Å². The van der Waals surface area contributed by atoms with Crippen molar-refractivity contribution in [3.63, 3.8) is 0 Å². The third-order valence-corrected chi connectivity index (χ3v) is 1.75. The molecule has 0 unspecified atom stereocenters. The second-order valence-electron chi connectivity index (χ2n) is 3.07. The fraction of sp³-hybridized carbons (Fsp3) is 0.0833. The molecule has 0 aromatic heterocycles. The molecule has 1 aromatic rings. The zero-order valence-electron chi connectivity index (χ0n) is 8.40. The Bertz CT molecular complexity index is 468. The molecule has 0 saturated heterocycles. The molecule has 0 spiro atoms. The van der Waals surface area contributed by atoms with Crippen LogP contribution in [0.3, 0.4) is 0 Å². The van der Waals surface area contributed by atoms with Gasteiger partial charge in [0.2, 0.25) is 5.91 Å². The summed E-state index contributed by atoms with van der Waals surface area (Å²) in [5.74, 6) is 4.69. The lowest BCUT2D eigenvalue weighted by molar-refractivity contribution is -0.117. The van der Waals surface area contributed by atoms with Crippen LogP contribution in [-0.4, -0.2) is 18.5 Å². The number of hydrogen-bond donors (Lipinski definition) is 1. The van der Waals surface area contributed by atoms with E-state index in [9.17, 15) is 14.4 Å². The van der Waals surface area contributed by atoms with Crippen molar-refractivity contribution in [2.75, 3.05) is 0 Å². The number of amides is 1. The largest absolute Gasteiger partial charge is 0.369 e. The molecule has 0 aliphatic heterocycles. The Morgan fingerprint density at radius 3 is 2.19 bits per heavy atom. The van der Waals surface area contributed by atoms with Gasteiger partial charge in [0.05, 0.1) is 6.42 Å². The Balaban J connectivity index is 3.02. The Morgan fingerprint density at radius 2 is 1.75 bits per heavy atom. The van der Waals surface area contributed by atoms with Crippen LogP contribution in [0.15, 0.2) is 18.2 Å². The summed E-state index contributed by atoms with van der Waals surface area (Å²) in [6, 6.07) is 4.53. The van der Waals surface area contributed by atoms with Crippen molar-refractivity contribution in [2.24, 2.45) is 5.73 Å². The lowest BCUT2D eigenvalue weighted by Crippen LogP contribution is -2.08. The quantitative estimate of drug-likeness (QED) is 0.590. The number of carbonyl (C=O) groups is 3. The molecule has 1 amide bonds. The molecule has 0 bridgehead atoms. The number of benzene rings is 1. The summed E-state index contributed by atoms with van der Waals surface area (Å²) in [4.78, 5) is 31.6. The van der Waals surface area contributed by atoms with Gasteiger partial charge in [0.15, 0.2) is 0 Å². The summed E-state index contributed by atoms with van der Waals surface area (Å²) in [6.45, 7) is 0. The van der Waals surface area contributed by atoms with E-state index in [0.29, 0.717) is 29.3 Å². The topological polar surface area (TPSA) is 77.2 Å². The molecule has 16 heavy (non-hydrogen) atoms. The van der Waals surface area contributed by atoms with E-state index in [1.807, 2.05) is 0 Å². The highest BCUT2D eigenvalue weighted by molar-refractivity contribution is 5.83. The number of rotatable bonds is 3. The van der Waals surface area contributed by atoms with E-state index >= 15 is 0 Å². The molecule has 0 fully saturated rings. The minimum absolute atomic E-state index is 0.0538. The molecule has 0 saturated carbocycles. The van der Waals surface area contributed by atoms with E-state index in [2.05, 4.69) is 11.8 Å². The summed E-state index contributed by atoms with van der Waals surface area (Å²) in [5, 5.41) is 0. The molecule has 80 valence electrons. The molecule has 4 heteroatoms. The minimum Gasteiger partial charge on any atom is -0.369 e. The van der Waals surface area contributed by atoms with Gasteiger partial charge in [0.1, 0.15) is 12.6 Å². The number of carbonyl (C=O) groups excluding carboxylic acids is 3. The molecule has 2 N–H and O–H groups in total. The highest BCUT2D eigenvalue weighted by atomic mass is 16.1. The molecule has 1 aromatic carbocycles. The average molecular weight is 215 g/mol. The Morgan fingerprint density at radius 1 is 1.19 bits per heavy atom. The van der Waals surface area contributed by atoms with Crippen LogP contribution in [0.2, 0.25) is 0 Å². The predicted molar refractivity (Wildman–Crippen MR) is 57.9 cm³/mol. The van der Waals surface area contributed by atoms with Crippen LogP contribution < -0.4 is 5.73 Å². The predicted octanol–water partition coefficient (Wildman–Crippen LogP) is 0.539. The first kappa shape index (κ1) is 11.7. The zero-order valence-corrected chi connectivity index (χ0v) is 8.40. The summed E-state index contributed by atoms with van der Waals surface area (Å²) < 4.78 is 0. The maximum Gasteiger partial charge on any atom is 0.229 e. The smallest absolute Gasteiger partial charge is 0.229 e. The number of aldehydes is 2. The van der Waals surface area contributed by atoms with Crippen molar-refractivity contribution in [3.8, 4) is 11.8 Å². The summed E-state index contributed by atoms with van der Waals surface area (Å²) in [7, 11) is 0. The van der Waals surface area contributed by atoms with Crippen LogP contribution in [-0.2, 0) is 4.79 Å². The van der Waals surface area contributed by atoms with Crippen molar-refractivity contribution in [2.45, 2.75) is 6.42 Å². The minimum atomic E-state index is -0.519. The van der Waals surface area contributed by atoms with Gasteiger partial charge in [-0.15, -0.1) is 0 Å². The van der Waals surface area contributed by atoms with Crippen molar-refractivity contribution < 1.29 is 14.4 Å². The van der Waals surface area contributed by atoms with Crippen LogP contribution in [0.4, 0.5) is 0 Å². The van der Waals surface area contributed by atoms with Gasteiger partial charge < -0.3 is 5.73 Å². The molecular weight excluding hydrogens is 206 g/mol. The van der Waals surface area contributed by atoms with E-state index in [1.165, 1.54) is 18.2 Å². The van der Waals surface area contributed by atoms with Gasteiger partial charge >= 0.3 is 0 Å².